The van der Waals surface area contributed by atoms with Crippen LogP contribution in [0.1, 0.15) is 44.5 Å². The first-order valence-electron chi connectivity index (χ1n) is 25.2. The molecule has 340 valence electrons. The largest absolute Gasteiger partial charge is 0.457 e. The Hall–Kier alpha value is -8.89. The van der Waals surface area contributed by atoms with Gasteiger partial charge in [0.05, 0.1) is 10.8 Å². The van der Waals surface area contributed by atoms with E-state index in [1.165, 1.54) is 98.1 Å². The monoisotopic (exact) mass is 945 g/mol. The third kappa shape index (κ3) is 5.55. The van der Waals surface area contributed by atoms with Crippen LogP contribution in [0.5, 0.6) is 11.5 Å². The van der Waals surface area contributed by atoms with E-state index in [1.54, 1.807) is 0 Å². The van der Waals surface area contributed by atoms with Gasteiger partial charge in [0.2, 0.25) is 0 Å². The number of hydrogen-bond donors (Lipinski definition) is 0. The molecule has 12 aromatic rings. The van der Waals surface area contributed by atoms with E-state index in [1.807, 2.05) is 11.8 Å². The van der Waals surface area contributed by atoms with E-state index in [-0.39, 0.29) is 0 Å². The van der Waals surface area contributed by atoms with Crippen LogP contribution in [0.4, 0.5) is 17.1 Å². The first kappa shape index (κ1) is 40.8. The summed E-state index contributed by atoms with van der Waals surface area (Å²) >= 11 is 1.89. The molecule has 73 heavy (non-hydrogen) atoms. The van der Waals surface area contributed by atoms with E-state index >= 15 is 0 Å². The van der Waals surface area contributed by atoms with Gasteiger partial charge in [-0.3, -0.25) is 0 Å². The van der Waals surface area contributed by atoms with Gasteiger partial charge in [-0.1, -0.05) is 206 Å². The summed E-state index contributed by atoms with van der Waals surface area (Å²) in [5.41, 5.74) is 19.7. The van der Waals surface area contributed by atoms with E-state index < -0.39 is 10.8 Å². The van der Waals surface area contributed by atoms with E-state index in [0.29, 0.717) is 0 Å². The van der Waals surface area contributed by atoms with Gasteiger partial charge in [-0.25, -0.2) is 0 Å². The molecule has 0 amide bonds. The molecule has 0 saturated heterocycles. The van der Waals surface area contributed by atoms with Crippen LogP contribution in [0.3, 0.4) is 0 Å². The Balaban J connectivity index is 0.922. The van der Waals surface area contributed by atoms with Crippen molar-refractivity contribution in [2.45, 2.75) is 20.6 Å². The molecule has 0 aromatic heterocycles. The normalized spacial score (nSPS) is 14.3. The average molecular weight is 946 g/mol. The molecule has 2 spiro atoms. The average Bonchev–Trinajstić information content (AvgIpc) is 3.98. The van der Waals surface area contributed by atoms with Gasteiger partial charge in [0, 0.05) is 38.0 Å². The smallest absolute Gasteiger partial charge is 0.132 e. The minimum Gasteiger partial charge on any atom is -0.457 e. The van der Waals surface area contributed by atoms with Gasteiger partial charge in [0.1, 0.15) is 11.5 Å². The minimum absolute atomic E-state index is 0.461. The summed E-state index contributed by atoms with van der Waals surface area (Å²) < 4.78 is 6.75. The number of nitrogens with zero attached hydrogens (tertiary/aromatic N) is 1. The summed E-state index contributed by atoms with van der Waals surface area (Å²) in [7, 11) is 0. The van der Waals surface area contributed by atoms with Crippen LogP contribution in [-0.2, 0) is 10.8 Å². The summed E-state index contributed by atoms with van der Waals surface area (Å²) in [6.07, 6.45) is 0. The topological polar surface area (TPSA) is 12.5 Å². The van der Waals surface area contributed by atoms with Crippen LogP contribution in [0.25, 0.3) is 54.9 Å². The highest BCUT2D eigenvalue weighted by Crippen LogP contribution is 2.65. The molecule has 2 aliphatic carbocycles. The highest BCUT2D eigenvalue weighted by atomic mass is 32.2. The van der Waals surface area contributed by atoms with E-state index in [9.17, 15) is 0 Å². The van der Waals surface area contributed by atoms with Crippen molar-refractivity contribution in [3.8, 4) is 44.9 Å². The van der Waals surface area contributed by atoms with Crippen molar-refractivity contribution >= 4 is 50.4 Å². The van der Waals surface area contributed by atoms with Crippen LogP contribution in [0, 0.1) is 0 Å². The van der Waals surface area contributed by atoms with Gasteiger partial charge in [0.25, 0.3) is 0 Å². The Labute approximate surface area is 428 Å². The molecule has 12 aromatic carbocycles. The number of benzene rings is 12. The maximum absolute atomic E-state index is 6.75. The summed E-state index contributed by atoms with van der Waals surface area (Å²) in [6, 6.07) is 97.2. The number of rotatable bonds is 4. The van der Waals surface area contributed by atoms with Crippen LogP contribution < -0.4 is 9.64 Å². The van der Waals surface area contributed by atoms with Crippen LogP contribution in [-0.4, -0.2) is 0 Å². The molecule has 0 saturated carbocycles. The van der Waals surface area contributed by atoms with Crippen molar-refractivity contribution in [1.82, 2.24) is 0 Å². The van der Waals surface area contributed by atoms with Gasteiger partial charge in [-0.15, -0.1) is 0 Å². The highest BCUT2D eigenvalue weighted by molar-refractivity contribution is 7.99. The predicted molar refractivity (Wildman–Crippen MR) is 300 cm³/mol. The Kier molecular flexibility index (Phi) is 8.56. The quantitative estimate of drug-likeness (QED) is 0.163. The van der Waals surface area contributed by atoms with E-state index in [0.717, 1.165) is 39.7 Å². The van der Waals surface area contributed by atoms with Crippen LogP contribution in [0.15, 0.2) is 271 Å². The molecule has 0 bridgehead atoms. The lowest BCUT2D eigenvalue weighted by Crippen LogP contribution is -2.32. The van der Waals surface area contributed by atoms with Gasteiger partial charge in [-0.2, -0.15) is 0 Å². The maximum atomic E-state index is 6.75. The Bertz CT molecular complexity index is 4210. The molecule has 0 radical (unpaired) electrons. The summed E-state index contributed by atoms with van der Waals surface area (Å²) in [6.45, 7) is 0. The Morgan fingerprint density at radius 1 is 0.288 bits per heavy atom. The zero-order valence-electron chi connectivity index (χ0n) is 39.6. The zero-order valence-corrected chi connectivity index (χ0v) is 40.4. The number of ether oxygens (including phenoxy) is 1. The highest BCUT2D eigenvalue weighted by Gasteiger charge is 2.52. The Morgan fingerprint density at radius 2 is 0.767 bits per heavy atom. The first-order chi connectivity index (χ1) is 36.2. The molecule has 0 N–H and O–H groups in total. The molecule has 0 fully saturated rings. The summed E-state index contributed by atoms with van der Waals surface area (Å²) in [5, 5.41) is 5.05. The summed E-state index contributed by atoms with van der Waals surface area (Å²) in [4.78, 5) is 5.09. The van der Waals surface area contributed by atoms with Gasteiger partial charge < -0.3 is 9.64 Å². The van der Waals surface area contributed by atoms with Crippen molar-refractivity contribution < 1.29 is 4.74 Å². The molecule has 0 atom stereocenters. The molecule has 2 heterocycles. The van der Waals surface area contributed by atoms with Gasteiger partial charge in [-0.05, 0) is 155 Å². The van der Waals surface area contributed by atoms with Crippen molar-refractivity contribution in [2.75, 3.05) is 4.90 Å². The minimum atomic E-state index is -0.604. The number of para-hydroxylation sites is 2. The Morgan fingerprint density at radius 3 is 1.48 bits per heavy atom. The second kappa shape index (κ2) is 15.3. The number of anilines is 3. The summed E-state index contributed by atoms with van der Waals surface area (Å²) in [5.74, 6) is 1.78. The molecule has 16 rings (SSSR count). The number of hydrogen-bond acceptors (Lipinski definition) is 3. The molecule has 0 unspecified atom stereocenters. The fourth-order valence-corrected chi connectivity index (χ4v) is 14.6. The third-order valence-electron chi connectivity index (χ3n) is 16.4. The van der Waals surface area contributed by atoms with Crippen molar-refractivity contribution in [3.05, 3.63) is 305 Å². The lowest BCUT2D eigenvalue weighted by Gasteiger charge is -2.40. The van der Waals surface area contributed by atoms with Gasteiger partial charge >= 0.3 is 0 Å². The van der Waals surface area contributed by atoms with Crippen LogP contribution in [0.2, 0.25) is 0 Å². The fraction of sp³-hybridized carbons (Fsp3) is 0.0286. The second-order valence-electron chi connectivity index (χ2n) is 19.8. The van der Waals surface area contributed by atoms with E-state index in [4.69, 9.17) is 4.74 Å². The fourth-order valence-electron chi connectivity index (χ4n) is 13.4. The number of fused-ring (bicyclic) bond motifs is 21. The van der Waals surface area contributed by atoms with Crippen molar-refractivity contribution in [1.29, 1.82) is 0 Å². The maximum Gasteiger partial charge on any atom is 0.132 e. The molecule has 3 heteroatoms. The lowest BCUT2D eigenvalue weighted by atomic mass is 9.66. The molecule has 2 nitrogen and oxygen atoms in total. The van der Waals surface area contributed by atoms with Gasteiger partial charge in [0.15, 0.2) is 0 Å². The van der Waals surface area contributed by atoms with E-state index in [2.05, 4.69) is 266 Å². The predicted octanol–water partition coefficient (Wildman–Crippen LogP) is 18.4. The third-order valence-corrected chi connectivity index (χ3v) is 17.5. The molecule has 4 aliphatic rings. The molecular formula is C70H43NOS. The SMILES string of the molecule is c1ccc2c(c1)Oc1ccccc1C21c2ccccc2-c2ccc(N(c3ccc(-c4ccc5c(ccc6ccccc65)c4)cc3)c3ccc4c(c3)-c3ccccc3C43c4ccccc4Sc4ccccc43)cc21. The lowest BCUT2D eigenvalue weighted by molar-refractivity contribution is 0.436. The molecular weight excluding hydrogens is 903 g/mol. The van der Waals surface area contributed by atoms with Crippen molar-refractivity contribution in [2.24, 2.45) is 0 Å². The second-order valence-corrected chi connectivity index (χ2v) is 20.9. The molecule has 2 aliphatic heterocycles. The van der Waals surface area contributed by atoms with Crippen molar-refractivity contribution in [3.63, 3.8) is 0 Å². The first-order valence-corrected chi connectivity index (χ1v) is 26.0. The van der Waals surface area contributed by atoms with Crippen LogP contribution >= 0.6 is 11.8 Å². The standard InChI is InChI=1S/C70H43NOS/c1-2-16-51-45(15-1)29-30-47-41-46(33-38-52(47)51)44-31-34-48(35-32-44)71(49-37-40-59-56(42-49)54-18-4-6-20-58(54)69(59)62-23-9-13-27-67(62)73-68-28-14-10-24-63(68)69)50-36-39-55-53-17-3-5-19-57(53)70(64(55)43-50)60-21-7-11-25-65(60)72-66-26-12-8-22-61(66)70/h1-43H. The zero-order chi connectivity index (χ0) is 47.8.